The van der Waals surface area contributed by atoms with Crippen LogP contribution in [0.5, 0.6) is 0 Å². The van der Waals surface area contributed by atoms with E-state index in [2.05, 4.69) is 17.6 Å². The van der Waals surface area contributed by atoms with Crippen LogP contribution in [-0.4, -0.2) is 10.1 Å². The zero-order chi connectivity index (χ0) is 14.4. The lowest BCUT2D eigenvalue weighted by Crippen LogP contribution is -2.01. The Labute approximate surface area is 121 Å². The van der Waals surface area contributed by atoms with Gasteiger partial charge in [0, 0.05) is 0 Å². The fourth-order valence-corrected chi connectivity index (χ4v) is 2.01. The molecule has 0 saturated heterocycles. The number of hydrogen-bond donors (Lipinski definition) is 1. The third-order valence-corrected chi connectivity index (χ3v) is 3.16. The van der Waals surface area contributed by atoms with Crippen molar-refractivity contribution in [1.29, 1.82) is 0 Å². The summed E-state index contributed by atoms with van der Waals surface area (Å²) in [6.07, 6.45) is 0.507. The maximum atomic E-state index is 12.2. The number of pyridine rings is 1. The number of carbonyl (C=O) groups excluding carboxylic acids is 1. The summed E-state index contributed by atoms with van der Waals surface area (Å²) in [5, 5.41) is -0.0655. The summed E-state index contributed by atoms with van der Waals surface area (Å²) in [6, 6.07) is 3.10. The highest BCUT2D eigenvalue weighted by molar-refractivity contribution is 7.97. The first-order valence-corrected chi connectivity index (χ1v) is 6.63. The molecule has 0 fully saturated rings. The van der Waals surface area contributed by atoms with Crippen molar-refractivity contribution in [2.75, 3.05) is 0 Å². The van der Waals surface area contributed by atoms with Crippen molar-refractivity contribution < 1.29 is 13.6 Å². The Morgan fingerprint density at radius 3 is 2.63 bits per heavy atom. The lowest BCUT2D eigenvalue weighted by molar-refractivity contribution is 0.109. The first-order chi connectivity index (χ1) is 8.91. The van der Waals surface area contributed by atoms with Gasteiger partial charge < -0.3 is 0 Å². The molecule has 0 unspecified atom stereocenters. The van der Waals surface area contributed by atoms with Crippen molar-refractivity contribution in [1.82, 2.24) is 4.98 Å². The van der Waals surface area contributed by atoms with E-state index >= 15 is 0 Å². The van der Waals surface area contributed by atoms with Crippen LogP contribution in [0.1, 0.15) is 42.2 Å². The molecule has 0 aliphatic rings. The lowest BCUT2D eigenvalue weighted by atomic mass is 10.1. The van der Waals surface area contributed by atoms with Crippen LogP contribution >= 0.6 is 24.2 Å². The first kappa shape index (κ1) is 16.1. The highest BCUT2D eigenvalue weighted by Gasteiger charge is 2.10. The van der Waals surface area contributed by atoms with Crippen LogP contribution in [-0.2, 0) is 6.42 Å². The Morgan fingerprint density at radius 1 is 1.37 bits per heavy atom. The molecule has 0 amide bonds. The molecule has 0 aliphatic carbocycles. The lowest BCUT2D eigenvalue weighted by Gasteiger charge is -2.06. The van der Waals surface area contributed by atoms with Gasteiger partial charge in [0.2, 0.25) is 5.12 Å². The minimum Gasteiger partial charge on any atom is -0.282 e. The molecule has 0 N–H and O–H groups in total. The summed E-state index contributed by atoms with van der Waals surface area (Å²) in [6.45, 7) is 1.41. The number of rotatable bonds is 6. The molecule has 2 nitrogen and oxygen atoms in total. The van der Waals surface area contributed by atoms with E-state index in [1.54, 1.807) is 6.07 Å². The molecule has 1 rings (SSSR count). The van der Waals surface area contributed by atoms with Gasteiger partial charge in [-0.3, -0.25) is 4.79 Å². The zero-order valence-corrected chi connectivity index (χ0v) is 12.1. The largest absolute Gasteiger partial charge is 0.282 e. The van der Waals surface area contributed by atoms with Crippen molar-refractivity contribution in [2.24, 2.45) is 0 Å². The van der Waals surface area contributed by atoms with E-state index < -0.39 is 6.08 Å². The van der Waals surface area contributed by atoms with Gasteiger partial charge in [0.05, 0.1) is 11.3 Å². The summed E-state index contributed by atoms with van der Waals surface area (Å²) < 4.78 is 24.4. The number of carbonyl (C=O) groups is 1. The second-order valence-electron chi connectivity index (χ2n) is 4.18. The van der Waals surface area contributed by atoms with E-state index in [9.17, 15) is 13.6 Å². The predicted molar refractivity (Wildman–Crippen MR) is 75.0 cm³/mol. The number of thiol groups is 1. The van der Waals surface area contributed by atoms with Gasteiger partial charge in [-0.25, -0.2) is 4.98 Å². The van der Waals surface area contributed by atoms with E-state index in [0.717, 1.165) is 0 Å². The number of aryl methyl sites for hydroxylation is 1. The maximum absolute atomic E-state index is 12.2. The van der Waals surface area contributed by atoms with Gasteiger partial charge in [-0.1, -0.05) is 11.6 Å². The molecule has 0 aromatic carbocycles. The standard InChI is InChI=1S/C13H14ClF2NOS/c1-8(12(15)16)4-2-3-5-10-9(13(18)19)6-7-11(14)17-10/h6-7H,2-5H2,1H3,(H,18,19). The topological polar surface area (TPSA) is 30.0 Å². The average molecular weight is 306 g/mol. The molecule has 0 spiro atoms. The van der Waals surface area contributed by atoms with Crippen molar-refractivity contribution in [2.45, 2.75) is 32.6 Å². The molecular formula is C13H14ClF2NOS. The molecule has 6 heteroatoms. The Morgan fingerprint density at radius 2 is 2.05 bits per heavy atom. The van der Waals surface area contributed by atoms with Gasteiger partial charge in [-0.05, 0) is 50.3 Å². The average Bonchev–Trinajstić information content (AvgIpc) is 2.33. The highest BCUT2D eigenvalue weighted by Crippen LogP contribution is 2.18. The maximum Gasteiger partial charge on any atom is 0.269 e. The number of allylic oxidation sites excluding steroid dienone is 1. The summed E-state index contributed by atoms with van der Waals surface area (Å²) in [5.41, 5.74) is 1.08. The van der Waals surface area contributed by atoms with Crippen LogP contribution in [0.4, 0.5) is 8.78 Å². The molecule has 0 atom stereocenters. The smallest absolute Gasteiger partial charge is 0.269 e. The third kappa shape index (κ3) is 5.28. The summed E-state index contributed by atoms with van der Waals surface area (Å²) in [7, 11) is 0. The van der Waals surface area contributed by atoms with Gasteiger partial charge >= 0.3 is 0 Å². The normalized spacial score (nSPS) is 10.4. The van der Waals surface area contributed by atoms with E-state index in [1.807, 2.05) is 0 Å². The fourth-order valence-electron chi connectivity index (χ4n) is 1.64. The summed E-state index contributed by atoms with van der Waals surface area (Å²) in [4.78, 5) is 15.4. The van der Waals surface area contributed by atoms with Gasteiger partial charge in [-0.15, -0.1) is 12.6 Å². The minimum absolute atomic E-state index is 0.101. The van der Waals surface area contributed by atoms with Crippen molar-refractivity contribution in [3.63, 3.8) is 0 Å². The SMILES string of the molecule is CC(CCCCc1nc(Cl)ccc1C(=O)S)=C(F)F. The molecule has 1 aromatic heterocycles. The molecule has 0 radical (unpaired) electrons. The quantitative estimate of drug-likeness (QED) is 0.469. The number of halogens is 3. The van der Waals surface area contributed by atoms with Crippen molar-refractivity contribution in [3.8, 4) is 0 Å². The third-order valence-electron chi connectivity index (χ3n) is 2.71. The number of aromatic nitrogens is 1. The zero-order valence-electron chi connectivity index (χ0n) is 10.4. The predicted octanol–water partition coefficient (Wildman–Crippen LogP) is 4.69. The Hall–Kier alpha value is -0.940. The van der Waals surface area contributed by atoms with Crippen molar-refractivity contribution in [3.05, 3.63) is 40.2 Å². The van der Waals surface area contributed by atoms with Crippen molar-refractivity contribution >= 4 is 29.3 Å². The Balaban J connectivity index is 2.60. The van der Waals surface area contributed by atoms with E-state index in [4.69, 9.17) is 11.6 Å². The Bertz CT molecular complexity index is 501. The fraction of sp³-hybridized carbons (Fsp3) is 0.385. The van der Waals surface area contributed by atoms with E-state index in [1.165, 1.54) is 13.0 Å². The number of hydrogen-bond acceptors (Lipinski definition) is 2. The van der Waals surface area contributed by atoms with Crippen LogP contribution in [0, 0.1) is 0 Å². The van der Waals surface area contributed by atoms with Crippen LogP contribution in [0.25, 0.3) is 0 Å². The number of unbranched alkanes of at least 4 members (excludes halogenated alkanes) is 1. The molecule has 1 aromatic rings. The molecule has 0 saturated carbocycles. The van der Waals surface area contributed by atoms with Gasteiger partial charge in [0.25, 0.3) is 6.08 Å². The number of nitrogens with zero attached hydrogens (tertiary/aromatic N) is 1. The second-order valence-corrected chi connectivity index (χ2v) is 4.97. The van der Waals surface area contributed by atoms with Crippen LogP contribution in [0.15, 0.2) is 23.8 Å². The monoisotopic (exact) mass is 305 g/mol. The van der Waals surface area contributed by atoms with Gasteiger partial charge in [0.15, 0.2) is 0 Å². The van der Waals surface area contributed by atoms with Crippen LogP contribution < -0.4 is 0 Å². The Kier molecular flexibility index (Phi) is 6.45. The summed E-state index contributed by atoms with van der Waals surface area (Å²) >= 11 is 9.54. The van der Waals surface area contributed by atoms with E-state index in [0.29, 0.717) is 42.1 Å². The molecule has 0 aliphatic heterocycles. The highest BCUT2D eigenvalue weighted by atomic mass is 35.5. The summed E-state index contributed by atoms with van der Waals surface area (Å²) in [5.74, 6) is 0. The molecule has 104 valence electrons. The van der Waals surface area contributed by atoms with Crippen LogP contribution in [0.3, 0.4) is 0 Å². The van der Waals surface area contributed by atoms with E-state index in [-0.39, 0.29) is 10.7 Å². The molecular weight excluding hydrogens is 292 g/mol. The minimum atomic E-state index is -1.62. The molecule has 1 heterocycles. The van der Waals surface area contributed by atoms with Gasteiger partial charge in [0.1, 0.15) is 5.15 Å². The molecule has 0 bridgehead atoms. The van der Waals surface area contributed by atoms with Gasteiger partial charge in [-0.2, -0.15) is 8.78 Å². The second kappa shape index (κ2) is 7.60. The molecule has 19 heavy (non-hydrogen) atoms. The van der Waals surface area contributed by atoms with Crippen LogP contribution in [0.2, 0.25) is 5.15 Å². The first-order valence-electron chi connectivity index (χ1n) is 5.81.